The molecule has 0 fully saturated rings. The highest BCUT2D eigenvalue weighted by molar-refractivity contribution is 7.17. The van der Waals surface area contributed by atoms with Gasteiger partial charge >= 0.3 is 14.9 Å². The van der Waals surface area contributed by atoms with Crippen LogP contribution in [-0.2, 0) is 28.1 Å². The van der Waals surface area contributed by atoms with Crippen LogP contribution in [0.4, 0.5) is 13.2 Å². The fraction of sp³-hybridized carbons (Fsp3) is 0.429. The quantitative estimate of drug-likeness (QED) is 0.324. The zero-order chi connectivity index (χ0) is 22.9. The molecule has 10 heteroatoms. The normalized spacial score (nSPS) is 13.9. The Labute approximate surface area is 185 Å². The Hall–Kier alpha value is -1.70. The molecule has 2 aromatic carbocycles. The van der Waals surface area contributed by atoms with Crippen molar-refractivity contribution in [2.24, 2.45) is 5.73 Å². The lowest BCUT2D eigenvalue weighted by Gasteiger charge is -2.25. The van der Waals surface area contributed by atoms with Crippen LogP contribution in [0.25, 0.3) is 0 Å². The molecule has 0 bridgehead atoms. The van der Waals surface area contributed by atoms with E-state index < -0.39 is 32.6 Å². The first-order valence-electron chi connectivity index (χ1n) is 9.58. The predicted molar refractivity (Wildman–Crippen MR) is 113 cm³/mol. The molecule has 0 aromatic heterocycles. The Morgan fingerprint density at radius 1 is 1.06 bits per heavy atom. The Balaban J connectivity index is 2.00. The minimum absolute atomic E-state index is 0.132. The highest BCUT2D eigenvalue weighted by Crippen LogP contribution is 2.37. The van der Waals surface area contributed by atoms with Gasteiger partial charge in [0, 0.05) is 5.02 Å². The van der Waals surface area contributed by atoms with Crippen LogP contribution >= 0.6 is 20.3 Å². The Kier molecular flexibility index (Phi) is 9.72. The smallest absolute Gasteiger partial charge is 0.419 e. The molecule has 170 valence electrons. The van der Waals surface area contributed by atoms with E-state index in [0.717, 1.165) is 11.6 Å². The number of nitrogens with two attached hydrogens (primary N) is 1. The number of aryl methyl sites for hydroxylation is 2. The lowest BCUT2D eigenvalue weighted by molar-refractivity contribution is -0.139. The summed E-state index contributed by atoms with van der Waals surface area (Å²) in [5.74, 6) is -0.234. The Morgan fingerprint density at radius 3 is 2.35 bits per heavy atom. The molecule has 0 spiro atoms. The van der Waals surface area contributed by atoms with Crippen molar-refractivity contribution < 1.29 is 32.1 Å². The number of hydrogen-bond donors (Lipinski definition) is 2. The number of halogens is 4. The fourth-order valence-corrected chi connectivity index (χ4v) is 3.37. The molecule has 0 heterocycles. The van der Waals surface area contributed by atoms with Crippen molar-refractivity contribution in [2.75, 3.05) is 19.8 Å². The Bertz CT molecular complexity index is 852. The van der Waals surface area contributed by atoms with Crippen LogP contribution in [-0.4, -0.2) is 30.5 Å². The van der Waals surface area contributed by atoms with E-state index >= 15 is 0 Å². The molecule has 0 radical (unpaired) electrons. The van der Waals surface area contributed by atoms with Crippen molar-refractivity contribution in [3.05, 3.63) is 64.2 Å². The topological polar surface area (TPSA) is 81.8 Å². The molecule has 1 unspecified atom stereocenters. The van der Waals surface area contributed by atoms with Crippen molar-refractivity contribution >= 4 is 20.3 Å². The number of aliphatic hydroxyl groups is 1. The number of ether oxygens (including phenoxy) is 1. The van der Waals surface area contributed by atoms with E-state index in [9.17, 15) is 22.8 Å². The minimum Gasteiger partial charge on any atom is -0.493 e. The van der Waals surface area contributed by atoms with E-state index in [1.165, 1.54) is 12.1 Å². The number of benzene rings is 2. The van der Waals surface area contributed by atoms with Crippen molar-refractivity contribution in [1.29, 1.82) is 0 Å². The first-order chi connectivity index (χ1) is 14.7. The molecule has 0 amide bonds. The fourth-order valence-electron chi connectivity index (χ4n) is 2.93. The van der Waals surface area contributed by atoms with Gasteiger partial charge in [0.2, 0.25) is 0 Å². The van der Waals surface area contributed by atoms with E-state index in [1.54, 1.807) is 12.1 Å². The summed E-state index contributed by atoms with van der Waals surface area (Å²) in [6.45, 7) is -0.508. The summed E-state index contributed by atoms with van der Waals surface area (Å²) in [6, 6.07) is 11.1. The van der Waals surface area contributed by atoms with Crippen LogP contribution < -0.4 is 10.5 Å². The summed E-state index contributed by atoms with van der Waals surface area (Å²) >= 11 is 5.83. The van der Waals surface area contributed by atoms with Crippen LogP contribution in [0.5, 0.6) is 5.75 Å². The summed E-state index contributed by atoms with van der Waals surface area (Å²) in [5.41, 5.74) is 5.30. The second-order valence-electron chi connectivity index (χ2n) is 7.28. The van der Waals surface area contributed by atoms with Crippen molar-refractivity contribution in [3.8, 4) is 5.75 Å². The van der Waals surface area contributed by atoms with Crippen molar-refractivity contribution in [1.82, 2.24) is 0 Å². The van der Waals surface area contributed by atoms with Gasteiger partial charge in [0.05, 0.1) is 30.9 Å². The molecule has 2 rings (SSSR count). The first kappa shape index (κ1) is 25.6. The molecule has 1 atom stereocenters. The average molecular weight is 478 g/mol. The molecule has 5 nitrogen and oxygen atoms in total. The maximum absolute atomic E-state index is 13.5. The van der Waals surface area contributed by atoms with E-state index in [4.69, 9.17) is 26.6 Å². The molecule has 2 aromatic rings. The molecule has 0 saturated heterocycles. The van der Waals surface area contributed by atoms with Crippen LogP contribution in [0.2, 0.25) is 5.02 Å². The largest absolute Gasteiger partial charge is 0.493 e. The third kappa shape index (κ3) is 8.39. The van der Waals surface area contributed by atoms with Crippen molar-refractivity contribution in [2.45, 2.75) is 37.4 Å². The van der Waals surface area contributed by atoms with Gasteiger partial charge in [0.25, 0.3) is 0 Å². The number of hydrogen-bond acceptors (Lipinski definition) is 5. The standard InChI is InChI=1S/C21H24ClF3NO4P/c22-17-6-3-15(4-7-17)2-1-11-29-19-8-5-16(12-18(19)21(23,24)25)9-10-20(26,13-27)14-30-31-28/h3-8,12,27H,1-2,9-11,13-14,26H2. The van der Waals surface area contributed by atoms with E-state index in [-0.39, 0.29) is 31.8 Å². The van der Waals surface area contributed by atoms with Gasteiger partial charge in [-0.05, 0) is 61.1 Å². The Morgan fingerprint density at radius 2 is 1.74 bits per heavy atom. The van der Waals surface area contributed by atoms with E-state index in [2.05, 4.69) is 0 Å². The van der Waals surface area contributed by atoms with Crippen LogP contribution in [0.3, 0.4) is 0 Å². The third-order valence-electron chi connectivity index (χ3n) is 4.76. The maximum atomic E-state index is 13.5. The van der Waals surface area contributed by atoms with E-state index in [0.29, 0.717) is 23.4 Å². The second kappa shape index (κ2) is 11.8. The zero-order valence-electron chi connectivity index (χ0n) is 16.7. The summed E-state index contributed by atoms with van der Waals surface area (Å²) in [4.78, 5) is 0. The van der Waals surface area contributed by atoms with Gasteiger partial charge in [-0.1, -0.05) is 29.8 Å². The molecule has 31 heavy (non-hydrogen) atoms. The summed E-state index contributed by atoms with van der Waals surface area (Å²) in [7, 11) is -0.580. The predicted octanol–water partition coefficient (Wildman–Crippen LogP) is 5.22. The van der Waals surface area contributed by atoms with Crippen molar-refractivity contribution in [3.63, 3.8) is 0 Å². The third-order valence-corrected chi connectivity index (χ3v) is 5.25. The minimum atomic E-state index is -4.58. The van der Waals surface area contributed by atoms with E-state index in [1.807, 2.05) is 12.1 Å². The second-order valence-corrected chi connectivity index (χ2v) is 8.12. The molecule has 0 aliphatic carbocycles. The molecule has 0 saturated carbocycles. The van der Waals surface area contributed by atoms with Crippen LogP contribution in [0.1, 0.15) is 29.5 Å². The van der Waals surface area contributed by atoms with Crippen LogP contribution in [0.15, 0.2) is 42.5 Å². The van der Waals surface area contributed by atoms with Gasteiger partial charge in [-0.2, -0.15) is 13.2 Å². The lowest BCUT2D eigenvalue weighted by Crippen LogP contribution is -2.47. The van der Waals surface area contributed by atoms with Gasteiger partial charge in [-0.3, -0.25) is 4.52 Å². The zero-order valence-corrected chi connectivity index (χ0v) is 18.3. The molecule has 0 aliphatic rings. The summed E-state index contributed by atoms with van der Waals surface area (Å²) in [5, 5.41) is 10.0. The van der Waals surface area contributed by atoms with Gasteiger partial charge in [0.1, 0.15) is 5.75 Å². The molecule has 0 aliphatic heterocycles. The SMILES string of the molecule is NC(CO)(CCc1ccc(OCCCc2ccc(Cl)cc2)c(C(F)(F)F)c1)COP=O. The molecular formula is C21H24ClF3NO4P. The summed E-state index contributed by atoms with van der Waals surface area (Å²) < 4.78 is 61.1. The number of alkyl halides is 3. The summed E-state index contributed by atoms with van der Waals surface area (Å²) in [6.07, 6.45) is -3.05. The highest BCUT2D eigenvalue weighted by atomic mass is 35.5. The molecular weight excluding hydrogens is 454 g/mol. The van der Waals surface area contributed by atoms with Crippen LogP contribution in [0, 0.1) is 0 Å². The first-order valence-corrected chi connectivity index (χ1v) is 10.7. The highest BCUT2D eigenvalue weighted by Gasteiger charge is 2.35. The average Bonchev–Trinajstić information content (AvgIpc) is 2.75. The van der Waals surface area contributed by atoms with Gasteiger partial charge in [-0.25, -0.2) is 4.57 Å². The van der Waals surface area contributed by atoms with Gasteiger partial charge in [0.15, 0.2) is 0 Å². The monoisotopic (exact) mass is 477 g/mol. The molecule has 3 N–H and O–H groups in total. The van der Waals surface area contributed by atoms with Gasteiger partial charge < -0.3 is 15.6 Å². The number of aliphatic hydroxyl groups excluding tert-OH is 1. The van der Waals surface area contributed by atoms with Gasteiger partial charge in [-0.15, -0.1) is 0 Å². The number of rotatable bonds is 12. The lowest BCUT2D eigenvalue weighted by atomic mass is 9.93. The maximum Gasteiger partial charge on any atom is 0.419 e.